The second-order valence-electron chi connectivity index (χ2n) is 4.91. The molecule has 0 heterocycles. The molecule has 1 fully saturated rings. The molecule has 2 rings (SSSR count). The molecule has 1 aliphatic rings. The Bertz CT molecular complexity index is 296. The van der Waals surface area contributed by atoms with Crippen LogP contribution in [0.5, 0.6) is 0 Å². The van der Waals surface area contributed by atoms with Gasteiger partial charge >= 0.3 is 0 Å². The van der Waals surface area contributed by atoms with Crippen molar-refractivity contribution in [2.45, 2.75) is 50.5 Å². The van der Waals surface area contributed by atoms with E-state index in [0.717, 1.165) is 6.42 Å². The van der Waals surface area contributed by atoms with Gasteiger partial charge in [-0.05, 0) is 37.2 Å². The summed E-state index contributed by atoms with van der Waals surface area (Å²) in [6.07, 6.45) is 5.81. The summed E-state index contributed by atoms with van der Waals surface area (Å²) in [5.41, 5.74) is 1.68. The molecule has 0 amide bonds. The SMILES string of the molecule is C[C@H](O)CC1(c2ccccc2)CCCC1. The van der Waals surface area contributed by atoms with Crippen molar-refractivity contribution in [3.05, 3.63) is 35.9 Å². The number of hydrogen-bond acceptors (Lipinski definition) is 1. The summed E-state index contributed by atoms with van der Waals surface area (Å²) >= 11 is 0. The first-order valence-electron chi connectivity index (χ1n) is 5.97. The summed E-state index contributed by atoms with van der Waals surface area (Å²) in [4.78, 5) is 0. The fraction of sp³-hybridized carbons (Fsp3) is 0.571. The highest BCUT2D eigenvalue weighted by molar-refractivity contribution is 5.26. The van der Waals surface area contributed by atoms with Crippen molar-refractivity contribution in [1.82, 2.24) is 0 Å². The average Bonchev–Trinajstić information content (AvgIpc) is 2.68. The topological polar surface area (TPSA) is 20.2 Å². The van der Waals surface area contributed by atoms with Crippen molar-refractivity contribution >= 4 is 0 Å². The Balaban J connectivity index is 2.26. The number of aliphatic hydroxyl groups is 1. The Labute approximate surface area is 92.1 Å². The monoisotopic (exact) mass is 204 g/mol. The molecule has 0 aliphatic heterocycles. The van der Waals surface area contributed by atoms with Gasteiger partial charge in [0.05, 0.1) is 6.10 Å². The smallest absolute Gasteiger partial charge is 0.0520 e. The Morgan fingerprint density at radius 3 is 2.33 bits per heavy atom. The summed E-state index contributed by atoms with van der Waals surface area (Å²) in [7, 11) is 0. The average molecular weight is 204 g/mol. The predicted octanol–water partition coefficient (Wildman–Crippen LogP) is 3.27. The maximum atomic E-state index is 9.64. The van der Waals surface area contributed by atoms with E-state index in [4.69, 9.17) is 0 Å². The van der Waals surface area contributed by atoms with E-state index in [0.29, 0.717) is 0 Å². The lowest BCUT2D eigenvalue weighted by molar-refractivity contribution is 0.147. The van der Waals surface area contributed by atoms with Gasteiger partial charge in [0.1, 0.15) is 0 Å². The first-order valence-corrected chi connectivity index (χ1v) is 5.97. The summed E-state index contributed by atoms with van der Waals surface area (Å²) in [6, 6.07) is 10.7. The van der Waals surface area contributed by atoms with Crippen LogP contribution >= 0.6 is 0 Å². The molecule has 1 N–H and O–H groups in total. The number of benzene rings is 1. The van der Waals surface area contributed by atoms with Gasteiger partial charge in [-0.2, -0.15) is 0 Å². The zero-order valence-corrected chi connectivity index (χ0v) is 9.45. The number of rotatable bonds is 3. The van der Waals surface area contributed by atoms with Gasteiger partial charge in [0.2, 0.25) is 0 Å². The standard InChI is InChI=1S/C14H20O/c1-12(15)11-14(9-5-6-10-14)13-7-3-2-4-8-13/h2-4,7-8,12,15H,5-6,9-11H2,1H3/t12-/m0/s1. The number of aliphatic hydroxyl groups excluding tert-OH is 1. The molecule has 1 aromatic carbocycles. The molecule has 1 heteroatoms. The molecule has 1 nitrogen and oxygen atoms in total. The van der Waals surface area contributed by atoms with Gasteiger partial charge < -0.3 is 5.11 Å². The fourth-order valence-electron chi connectivity index (χ4n) is 3.02. The van der Waals surface area contributed by atoms with Crippen molar-refractivity contribution in [1.29, 1.82) is 0 Å². The van der Waals surface area contributed by atoms with Crippen LogP contribution in [-0.2, 0) is 5.41 Å². The minimum Gasteiger partial charge on any atom is -0.393 e. The maximum Gasteiger partial charge on any atom is 0.0520 e. The fourth-order valence-corrected chi connectivity index (χ4v) is 3.02. The molecule has 0 saturated heterocycles. The molecule has 1 aromatic rings. The molecular formula is C14H20O. The van der Waals surface area contributed by atoms with Gasteiger partial charge in [-0.15, -0.1) is 0 Å². The minimum absolute atomic E-state index is 0.191. The van der Waals surface area contributed by atoms with Crippen LogP contribution in [-0.4, -0.2) is 11.2 Å². The van der Waals surface area contributed by atoms with Crippen LogP contribution in [0.15, 0.2) is 30.3 Å². The summed E-state index contributed by atoms with van der Waals surface area (Å²) in [6.45, 7) is 1.91. The lowest BCUT2D eigenvalue weighted by atomic mass is 9.75. The van der Waals surface area contributed by atoms with Crippen LogP contribution in [0.1, 0.15) is 44.6 Å². The summed E-state index contributed by atoms with van der Waals surface area (Å²) in [5.74, 6) is 0. The number of hydrogen-bond donors (Lipinski definition) is 1. The lowest BCUT2D eigenvalue weighted by Gasteiger charge is -2.31. The zero-order valence-electron chi connectivity index (χ0n) is 9.45. The predicted molar refractivity (Wildman–Crippen MR) is 62.9 cm³/mol. The Kier molecular flexibility index (Phi) is 3.11. The van der Waals surface area contributed by atoms with Crippen molar-refractivity contribution in [3.8, 4) is 0 Å². The molecule has 0 unspecified atom stereocenters. The van der Waals surface area contributed by atoms with E-state index in [1.54, 1.807) is 0 Å². The normalized spacial score (nSPS) is 21.5. The highest BCUT2D eigenvalue weighted by Crippen LogP contribution is 2.44. The minimum atomic E-state index is -0.191. The van der Waals surface area contributed by atoms with E-state index in [1.165, 1.54) is 31.2 Å². The van der Waals surface area contributed by atoms with E-state index >= 15 is 0 Å². The van der Waals surface area contributed by atoms with Crippen molar-refractivity contribution in [3.63, 3.8) is 0 Å². The van der Waals surface area contributed by atoms with Gasteiger partial charge in [-0.3, -0.25) is 0 Å². The van der Waals surface area contributed by atoms with Gasteiger partial charge in [0, 0.05) is 0 Å². The van der Waals surface area contributed by atoms with Crippen molar-refractivity contribution in [2.24, 2.45) is 0 Å². The molecule has 0 radical (unpaired) electrons. The van der Waals surface area contributed by atoms with Crippen molar-refractivity contribution < 1.29 is 5.11 Å². The van der Waals surface area contributed by atoms with Gasteiger partial charge in [0.25, 0.3) is 0 Å². The van der Waals surface area contributed by atoms with Gasteiger partial charge in [0.15, 0.2) is 0 Å². The second kappa shape index (κ2) is 4.36. The van der Waals surface area contributed by atoms with E-state index in [1.807, 2.05) is 6.92 Å². The van der Waals surface area contributed by atoms with Gasteiger partial charge in [-0.1, -0.05) is 43.2 Å². The molecule has 0 spiro atoms. The van der Waals surface area contributed by atoms with E-state index in [-0.39, 0.29) is 11.5 Å². The van der Waals surface area contributed by atoms with Crippen LogP contribution in [0.4, 0.5) is 0 Å². The Morgan fingerprint density at radius 1 is 1.20 bits per heavy atom. The van der Waals surface area contributed by atoms with E-state index < -0.39 is 0 Å². The highest BCUT2D eigenvalue weighted by atomic mass is 16.3. The first kappa shape index (κ1) is 10.7. The third-order valence-electron chi connectivity index (χ3n) is 3.63. The summed E-state index contributed by atoms with van der Waals surface area (Å²) < 4.78 is 0. The Morgan fingerprint density at radius 2 is 1.80 bits per heavy atom. The first-order chi connectivity index (χ1) is 7.23. The quantitative estimate of drug-likeness (QED) is 0.801. The third kappa shape index (κ3) is 2.23. The summed E-state index contributed by atoms with van der Waals surface area (Å²) in [5, 5.41) is 9.64. The molecule has 15 heavy (non-hydrogen) atoms. The van der Waals surface area contributed by atoms with Crippen LogP contribution < -0.4 is 0 Å². The van der Waals surface area contributed by atoms with Crippen LogP contribution in [0.25, 0.3) is 0 Å². The highest BCUT2D eigenvalue weighted by Gasteiger charge is 2.36. The lowest BCUT2D eigenvalue weighted by Crippen LogP contribution is -2.26. The molecule has 1 atom stereocenters. The molecule has 82 valence electrons. The molecular weight excluding hydrogens is 184 g/mol. The molecule has 0 bridgehead atoms. The molecule has 1 saturated carbocycles. The molecule has 0 aromatic heterocycles. The van der Waals surface area contributed by atoms with Crippen molar-refractivity contribution in [2.75, 3.05) is 0 Å². The zero-order chi connectivity index (χ0) is 10.7. The maximum absolute atomic E-state index is 9.64. The third-order valence-corrected chi connectivity index (χ3v) is 3.63. The molecule has 1 aliphatic carbocycles. The van der Waals surface area contributed by atoms with Crippen LogP contribution in [0, 0.1) is 0 Å². The van der Waals surface area contributed by atoms with E-state index in [2.05, 4.69) is 30.3 Å². The van der Waals surface area contributed by atoms with E-state index in [9.17, 15) is 5.11 Å². The second-order valence-corrected chi connectivity index (χ2v) is 4.91. The van der Waals surface area contributed by atoms with Crippen LogP contribution in [0.2, 0.25) is 0 Å². The largest absolute Gasteiger partial charge is 0.393 e. The van der Waals surface area contributed by atoms with Gasteiger partial charge in [-0.25, -0.2) is 0 Å². The van der Waals surface area contributed by atoms with Crippen LogP contribution in [0.3, 0.4) is 0 Å². The Hall–Kier alpha value is -0.820.